The number of aryl methyl sites for hydroxylation is 2. The zero-order valence-corrected chi connectivity index (χ0v) is 15.0. The number of rotatable bonds is 5. The topological polar surface area (TPSA) is 101 Å². The summed E-state index contributed by atoms with van der Waals surface area (Å²) < 4.78 is 5.19. The molecule has 2 heterocycles. The molecule has 0 aliphatic heterocycles. The van der Waals surface area contributed by atoms with Crippen LogP contribution in [0.4, 0.5) is 0 Å². The largest absolute Gasteiger partial charge is 0.390 e. The number of nitrogens with one attached hydrogen (secondary N) is 1. The van der Waals surface area contributed by atoms with Crippen LogP contribution in [-0.4, -0.2) is 26.1 Å². The van der Waals surface area contributed by atoms with E-state index in [2.05, 4.69) is 26.5 Å². The average Bonchev–Trinajstić information content (AvgIpc) is 3.35. The van der Waals surface area contributed by atoms with Gasteiger partial charge < -0.3 is 14.9 Å². The van der Waals surface area contributed by atoms with Crippen molar-refractivity contribution in [1.29, 1.82) is 0 Å². The van der Waals surface area contributed by atoms with Gasteiger partial charge in [-0.3, -0.25) is 9.78 Å². The molecule has 7 nitrogen and oxygen atoms in total. The van der Waals surface area contributed by atoms with Crippen LogP contribution in [0.3, 0.4) is 0 Å². The van der Waals surface area contributed by atoms with Crippen LogP contribution in [0.5, 0.6) is 0 Å². The predicted octanol–water partition coefficient (Wildman–Crippen LogP) is 2.60. The standard InChI is InChI=1S/C20H20N4O3/c1-2-18-23-19(24-27-18)13-3-5-16-12(9-13)4-6-17(16)22-20(26)14-7-8-21-15(10-14)11-25/h3,5,7-10,17,25H,2,4,6,11H2,1H3,(H,22,26). The number of aromatic nitrogens is 3. The minimum atomic E-state index is -0.189. The minimum absolute atomic E-state index is 0.0382. The van der Waals surface area contributed by atoms with Gasteiger partial charge in [0.05, 0.1) is 18.3 Å². The number of carbonyl (C=O) groups is 1. The van der Waals surface area contributed by atoms with E-state index in [-0.39, 0.29) is 18.6 Å². The van der Waals surface area contributed by atoms with Crippen LogP contribution in [0.15, 0.2) is 41.1 Å². The molecule has 1 amide bonds. The quantitative estimate of drug-likeness (QED) is 0.722. The zero-order valence-electron chi connectivity index (χ0n) is 15.0. The first kappa shape index (κ1) is 17.4. The lowest BCUT2D eigenvalue weighted by Gasteiger charge is -2.14. The fraction of sp³-hybridized carbons (Fsp3) is 0.300. The molecule has 27 heavy (non-hydrogen) atoms. The summed E-state index contributed by atoms with van der Waals surface area (Å²) in [5.74, 6) is 1.05. The number of aliphatic hydroxyl groups is 1. The molecule has 0 radical (unpaired) electrons. The smallest absolute Gasteiger partial charge is 0.251 e. The van der Waals surface area contributed by atoms with Gasteiger partial charge in [0.2, 0.25) is 11.7 Å². The van der Waals surface area contributed by atoms with Crippen molar-refractivity contribution in [3.05, 3.63) is 64.8 Å². The molecule has 2 N–H and O–H groups in total. The Kier molecular flexibility index (Phi) is 4.68. The molecular weight excluding hydrogens is 344 g/mol. The molecule has 1 aromatic carbocycles. The molecular formula is C20H20N4O3. The van der Waals surface area contributed by atoms with E-state index in [1.165, 1.54) is 11.8 Å². The number of benzene rings is 1. The van der Waals surface area contributed by atoms with Crippen LogP contribution < -0.4 is 5.32 Å². The fourth-order valence-electron chi connectivity index (χ4n) is 3.37. The van der Waals surface area contributed by atoms with Crippen molar-refractivity contribution < 1.29 is 14.4 Å². The Hall–Kier alpha value is -3.06. The van der Waals surface area contributed by atoms with Gasteiger partial charge in [-0.2, -0.15) is 4.98 Å². The van der Waals surface area contributed by atoms with E-state index in [1.54, 1.807) is 12.1 Å². The van der Waals surface area contributed by atoms with Crippen molar-refractivity contribution in [3.8, 4) is 11.4 Å². The maximum absolute atomic E-state index is 12.5. The predicted molar refractivity (Wildman–Crippen MR) is 97.8 cm³/mol. The van der Waals surface area contributed by atoms with Crippen molar-refractivity contribution in [3.63, 3.8) is 0 Å². The number of nitrogens with zero attached hydrogens (tertiary/aromatic N) is 3. The van der Waals surface area contributed by atoms with Crippen LogP contribution in [0, 0.1) is 0 Å². The Morgan fingerprint density at radius 3 is 3.00 bits per heavy atom. The number of aliphatic hydroxyl groups excluding tert-OH is 1. The summed E-state index contributed by atoms with van der Waals surface area (Å²) in [6.45, 7) is 1.78. The van der Waals surface area contributed by atoms with E-state index in [4.69, 9.17) is 4.52 Å². The first-order valence-electron chi connectivity index (χ1n) is 9.00. The lowest BCUT2D eigenvalue weighted by Crippen LogP contribution is -2.27. The van der Waals surface area contributed by atoms with Gasteiger partial charge in [0.25, 0.3) is 5.91 Å². The van der Waals surface area contributed by atoms with Crippen molar-refractivity contribution in [1.82, 2.24) is 20.4 Å². The van der Waals surface area contributed by atoms with Crippen LogP contribution in [0.25, 0.3) is 11.4 Å². The Morgan fingerprint density at radius 1 is 1.33 bits per heavy atom. The highest BCUT2D eigenvalue weighted by Gasteiger charge is 2.25. The summed E-state index contributed by atoms with van der Waals surface area (Å²) in [6.07, 6.45) is 3.96. The number of amides is 1. The Labute approximate surface area is 156 Å². The highest BCUT2D eigenvalue weighted by atomic mass is 16.5. The van der Waals surface area contributed by atoms with E-state index < -0.39 is 0 Å². The van der Waals surface area contributed by atoms with Crippen LogP contribution in [0.2, 0.25) is 0 Å². The van der Waals surface area contributed by atoms with Gasteiger partial charge in [0, 0.05) is 23.7 Å². The van der Waals surface area contributed by atoms with Gasteiger partial charge in [-0.05, 0) is 42.2 Å². The van der Waals surface area contributed by atoms with Crippen molar-refractivity contribution >= 4 is 5.91 Å². The van der Waals surface area contributed by atoms with Crippen molar-refractivity contribution in [2.24, 2.45) is 0 Å². The van der Waals surface area contributed by atoms with E-state index >= 15 is 0 Å². The Morgan fingerprint density at radius 2 is 2.22 bits per heavy atom. The highest BCUT2D eigenvalue weighted by Crippen LogP contribution is 2.34. The van der Waals surface area contributed by atoms with Gasteiger partial charge >= 0.3 is 0 Å². The molecule has 0 fully saturated rings. The number of hydrogen-bond acceptors (Lipinski definition) is 6. The maximum Gasteiger partial charge on any atom is 0.251 e. The number of fused-ring (bicyclic) bond motifs is 1. The zero-order chi connectivity index (χ0) is 18.8. The second-order valence-electron chi connectivity index (χ2n) is 6.54. The highest BCUT2D eigenvalue weighted by molar-refractivity contribution is 5.94. The maximum atomic E-state index is 12.5. The molecule has 138 valence electrons. The summed E-state index contributed by atoms with van der Waals surface area (Å²) >= 11 is 0. The second kappa shape index (κ2) is 7.28. The summed E-state index contributed by atoms with van der Waals surface area (Å²) in [5.41, 5.74) is 4.20. The number of carbonyl (C=O) groups excluding carboxylic acids is 1. The first-order chi connectivity index (χ1) is 13.2. The molecule has 0 saturated heterocycles. The molecule has 1 atom stereocenters. The molecule has 2 aromatic heterocycles. The molecule has 1 aliphatic carbocycles. The van der Waals surface area contributed by atoms with E-state index in [9.17, 15) is 9.90 Å². The van der Waals surface area contributed by atoms with E-state index in [1.807, 2.05) is 19.1 Å². The van der Waals surface area contributed by atoms with E-state index in [0.717, 1.165) is 24.0 Å². The fourth-order valence-corrected chi connectivity index (χ4v) is 3.37. The lowest BCUT2D eigenvalue weighted by molar-refractivity contribution is 0.0936. The van der Waals surface area contributed by atoms with E-state index in [0.29, 0.717) is 29.4 Å². The average molecular weight is 364 g/mol. The van der Waals surface area contributed by atoms with Gasteiger partial charge in [0.1, 0.15) is 0 Å². The molecule has 3 aromatic rings. The SMILES string of the molecule is CCc1nc(-c2ccc3c(c2)CCC3NC(=O)c2ccnc(CO)c2)no1. The number of pyridine rings is 1. The Bertz CT molecular complexity index is 983. The van der Waals surface area contributed by atoms with Crippen molar-refractivity contribution in [2.45, 2.75) is 38.8 Å². The molecule has 0 bridgehead atoms. The van der Waals surface area contributed by atoms with Crippen LogP contribution in [0.1, 0.15) is 52.5 Å². The minimum Gasteiger partial charge on any atom is -0.390 e. The molecule has 7 heteroatoms. The van der Waals surface area contributed by atoms with Gasteiger partial charge in [-0.15, -0.1) is 0 Å². The summed E-state index contributed by atoms with van der Waals surface area (Å²) in [5, 5.41) is 16.3. The third-order valence-electron chi connectivity index (χ3n) is 4.80. The third kappa shape index (κ3) is 3.46. The molecule has 0 saturated carbocycles. The van der Waals surface area contributed by atoms with Gasteiger partial charge in [-0.1, -0.05) is 24.2 Å². The second-order valence-corrected chi connectivity index (χ2v) is 6.54. The normalized spacial score (nSPS) is 15.6. The summed E-state index contributed by atoms with van der Waals surface area (Å²) in [6, 6.07) is 9.27. The summed E-state index contributed by atoms with van der Waals surface area (Å²) in [7, 11) is 0. The van der Waals surface area contributed by atoms with Gasteiger partial charge in [-0.25, -0.2) is 0 Å². The van der Waals surface area contributed by atoms with Crippen LogP contribution >= 0.6 is 0 Å². The lowest BCUT2D eigenvalue weighted by atomic mass is 10.0. The third-order valence-corrected chi connectivity index (χ3v) is 4.80. The monoisotopic (exact) mass is 364 g/mol. The molecule has 1 unspecified atom stereocenters. The first-order valence-corrected chi connectivity index (χ1v) is 9.00. The Balaban J connectivity index is 1.52. The van der Waals surface area contributed by atoms with Crippen LogP contribution in [-0.2, 0) is 19.4 Å². The van der Waals surface area contributed by atoms with Crippen molar-refractivity contribution in [2.75, 3.05) is 0 Å². The molecule has 0 spiro atoms. The molecule has 1 aliphatic rings. The summed E-state index contributed by atoms with van der Waals surface area (Å²) in [4.78, 5) is 20.9. The molecule has 4 rings (SSSR count). The van der Waals surface area contributed by atoms with Gasteiger partial charge in [0.15, 0.2) is 0 Å². The number of hydrogen-bond donors (Lipinski definition) is 2.